The SMILES string of the molecule is O=C(c1cnc2ccccc2c1)N(Cc1cccnc1)CC1CCCCC1. The predicted molar refractivity (Wildman–Crippen MR) is 107 cm³/mol. The Labute approximate surface area is 160 Å². The molecule has 0 N–H and O–H groups in total. The predicted octanol–water partition coefficient (Wildman–Crippen LogP) is 4.85. The molecule has 0 aliphatic heterocycles. The second-order valence-corrected chi connectivity index (χ2v) is 7.47. The molecule has 0 bridgehead atoms. The van der Waals surface area contributed by atoms with Gasteiger partial charge in [-0.15, -0.1) is 0 Å². The van der Waals surface area contributed by atoms with Crippen LogP contribution in [0.4, 0.5) is 0 Å². The molecule has 2 aromatic heterocycles. The summed E-state index contributed by atoms with van der Waals surface area (Å²) < 4.78 is 0. The maximum Gasteiger partial charge on any atom is 0.255 e. The second-order valence-electron chi connectivity index (χ2n) is 7.47. The van der Waals surface area contributed by atoms with E-state index in [9.17, 15) is 4.79 Å². The van der Waals surface area contributed by atoms with Crippen LogP contribution in [-0.4, -0.2) is 27.3 Å². The number of rotatable bonds is 5. The van der Waals surface area contributed by atoms with Gasteiger partial charge < -0.3 is 4.90 Å². The zero-order chi connectivity index (χ0) is 18.5. The smallest absolute Gasteiger partial charge is 0.255 e. The lowest BCUT2D eigenvalue weighted by Gasteiger charge is -2.30. The van der Waals surface area contributed by atoms with Crippen LogP contribution in [0.5, 0.6) is 0 Å². The van der Waals surface area contributed by atoms with E-state index in [-0.39, 0.29) is 5.91 Å². The molecule has 3 aromatic rings. The van der Waals surface area contributed by atoms with Gasteiger partial charge in [0.1, 0.15) is 0 Å². The number of carbonyl (C=O) groups is 1. The molecule has 27 heavy (non-hydrogen) atoms. The molecule has 0 unspecified atom stereocenters. The number of pyridine rings is 2. The van der Waals surface area contributed by atoms with E-state index in [2.05, 4.69) is 9.97 Å². The second kappa shape index (κ2) is 8.30. The highest BCUT2D eigenvalue weighted by atomic mass is 16.2. The number of hydrogen-bond acceptors (Lipinski definition) is 3. The third kappa shape index (κ3) is 4.33. The van der Waals surface area contributed by atoms with Crippen molar-refractivity contribution in [3.05, 3.63) is 72.2 Å². The van der Waals surface area contributed by atoms with Crippen LogP contribution in [0.2, 0.25) is 0 Å². The number of fused-ring (bicyclic) bond motifs is 1. The maximum atomic E-state index is 13.3. The number of hydrogen-bond donors (Lipinski definition) is 0. The van der Waals surface area contributed by atoms with E-state index in [4.69, 9.17) is 0 Å². The molecule has 1 aliphatic rings. The first kappa shape index (κ1) is 17.7. The quantitative estimate of drug-likeness (QED) is 0.654. The number of carbonyl (C=O) groups excluding carboxylic acids is 1. The Bertz CT molecular complexity index is 904. The molecular formula is C23H25N3O. The third-order valence-corrected chi connectivity index (χ3v) is 5.42. The van der Waals surface area contributed by atoms with Crippen molar-refractivity contribution < 1.29 is 4.79 Å². The molecule has 138 valence electrons. The first-order valence-corrected chi connectivity index (χ1v) is 9.82. The molecule has 1 saturated carbocycles. The highest BCUT2D eigenvalue weighted by Crippen LogP contribution is 2.26. The Morgan fingerprint density at radius 3 is 2.70 bits per heavy atom. The molecule has 1 aliphatic carbocycles. The van der Waals surface area contributed by atoms with E-state index in [1.165, 1.54) is 32.1 Å². The summed E-state index contributed by atoms with van der Waals surface area (Å²) in [6, 6.07) is 13.8. The number of benzene rings is 1. The Morgan fingerprint density at radius 1 is 1.04 bits per heavy atom. The summed E-state index contributed by atoms with van der Waals surface area (Å²) in [5.41, 5.74) is 2.64. The fourth-order valence-electron chi connectivity index (χ4n) is 3.98. The molecule has 0 spiro atoms. The van der Waals surface area contributed by atoms with Gasteiger partial charge in [-0.2, -0.15) is 0 Å². The van der Waals surface area contributed by atoms with Crippen LogP contribution in [0.25, 0.3) is 10.9 Å². The molecule has 0 saturated heterocycles. The summed E-state index contributed by atoms with van der Waals surface area (Å²) in [7, 11) is 0. The fourth-order valence-corrected chi connectivity index (χ4v) is 3.98. The summed E-state index contributed by atoms with van der Waals surface area (Å²) in [6.45, 7) is 1.40. The Hall–Kier alpha value is -2.75. The molecule has 1 fully saturated rings. The van der Waals surface area contributed by atoms with E-state index >= 15 is 0 Å². The molecule has 1 aromatic carbocycles. The lowest BCUT2D eigenvalue weighted by Crippen LogP contribution is -2.35. The maximum absolute atomic E-state index is 13.3. The molecule has 4 nitrogen and oxygen atoms in total. The van der Waals surface area contributed by atoms with Gasteiger partial charge in [-0.05, 0) is 42.5 Å². The van der Waals surface area contributed by atoms with E-state index in [1.54, 1.807) is 12.4 Å². The third-order valence-electron chi connectivity index (χ3n) is 5.42. The fraction of sp³-hybridized carbons (Fsp3) is 0.348. The van der Waals surface area contributed by atoms with Crippen LogP contribution in [-0.2, 0) is 6.54 Å². The van der Waals surface area contributed by atoms with Crippen LogP contribution >= 0.6 is 0 Å². The van der Waals surface area contributed by atoms with Crippen molar-refractivity contribution in [2.75, 3.05) is 6.54 Å². The minimum atomic E-state index is 0.0580. The monoisotopic (exact) mass is 359 g/mol. The Morgan fingerprint density at radius 2 is 1.89 bits per heavy atom. The van der Waals surface area contributed by atoms with Crippen LogP contribution in [0.15, 0.2) is 61.1 Å². The van der Waals surface area contributed by atoms with Gasteiger partial charge in [-0.1, -0.05) is 43.5 Å². The van der Waals surface area contributed by atoms with Crippen LogP contribution in [0, 0.1) is 5.92 Å². The van der Waals surface area contributed by atoms with Gasteiger partial charge in [0.25, 0.3) is 5.91 Å². The van der Waals surface area contributed by atoms with Crippen molar-refractivity contribution in [2.24, 2.45) is 5.92 Å². The first-order valence-electron chi connectivity index (χ1n) is 9.82. The molecular weight excluding hydrogens is 334 g/mol. The van der Waals surface area contributed by atoms with Crippen LogP contribution in [0.1, 0.15) is 48.0 Å². The van der Waals surface area contributed by atoms with Gasteiger partial charge in [0, 0.05) is 37.1 Å². The first-order chi connectivity index (χ1) is 13.3. The molecule has 0 atom stereocenters. The molecule has 1 amide bonds. The van der Waals surface area contributed by atoms with E-state index in [1.807, 2.05) is 53.6 Å². The molecule has 2 heterocycles. The summed E-state index contributed by atoms with van der Waals surface area (Å²) in [4.78, 5) is 24.0. The zero-order valence-corrected chi connectivity index (χ0v) is 15.6. The topological polar surface area (TPSA) is 46.1 Å². The van der Waals surface area contributed by atoms with Gasteiger partial charge in [0.05, 0.1) is 11.1 Å². The van der Waals surface area contributed by atoms with Gasteiger partial charge in [0.15, 0.2) is 0 Å². The molecule has 4 heteroatoms. The van der Waals surface area contributed by atoms with Crippen LogP contribution in [0.3, 0.4) is 0 Å². The van der Waals surface area contributed by atoms with E-state index in [0.29, 0.717) is 18.0 Å². The number of amides is 1. The lowest BCUT2D eigenvalue weighted by molar-refractivity contribution is 0.0698. The van der Waals surface area contributed by atoms with Crippen molar-refractivity contribution in [1.82, 2.24) is 14.9 Å². The number of aromatic nitrogens is 2. The van der Waals surface area contributed by atoms with Gasteiger partial charge in [-0.25, -0.2) is 0 Å². The highest BCUT2D eigenvalue weighted by Gasteiger charge is 2.22. The molecule has 0 radical (unpaired) electrons. The van der Waals surface area contributed by atoms with Crippen molar-refractivity contribution in [3.63, 3.8) is 0 Å². The van der Waals surface area contributed by atoms with Gasteiger partial charge >= 0.3 is 0 Å². The Balaban J connectivity index is 1.59. The average molecular weight is 359 g/mol. The van der Waals surface area contributed by atoms with Gasteiger partial charge in [-0.3, -0.25) is 14.8 Å². The van der Waals surface area contributed by atoms with E-state index < -0.39 is 0 Å². The number of para-hydroxylation sites is 1. The highest BCUT2D eigenvalue weighted by molar-refractivity contribution is 5.97. The van der Waals surface area contributed by atoms with E-state index in [0.717, 1.165) is 23.0 Å². The van der Waals surface area contributed by atoms with Crippen molar-refractivity contribution >= 4 is 16.8 Å². The summed E-state index contributed by atoms with van der Waals surface area (Å²) in [5, 5.41) is 1.00. The van der Waals surface area contributed by atoms with Crippen LogP contribution < -0.4 is 0 Å². The summed E-state index contributed by atoms with van der Waals surface area (Å²) in [6.07, 6.45) is 11.6. The minimum Gasteiger partial charge on any atom is -0.334 e. The van der Waals surface area contributed by atoms with Crippen molar-refractivity contribution in [2.45, 2.75) is 38.6 Å². The van der Waals surface area contributed by atoms with Crippen molar-refractivity contribution in [1.29, 1.82) is 0 Å². The lowest BCUT2D eigenvalue weighted by atomic mass is 9.88. The van der Waals surface area contributed by atoms with Gasteiger partial charge in [0.2, 0.25) is 0 Å². The summed E-state index contributed by atoms with van der Waals surface area (Å²) >= 11 is 0. The van der Waals surface area contributed by atoms with Crippen molar-refractivity contribution in [3.8, 4) is 0 Å². The normalized spacial score (nSPS) is 15.0. The largest absolute Gasteiger partial charge is 0.334 e. The zero-order valence-electron chi connectivity index (χ0n) is 15.6. The number of nitrogens with zero attached hydrogens (tertiary/aromatic N) is 3. The minimum absolute atomic E-state index is 0.0580. The standard InChI is InChI=1S/C23H25N3O/c27-23(21-13-20-10-4-5-11-22(20)25-15-21)26(16-18-7-2-1-3-8-18)17-19-9-6-12-24-14-19/h4-6,9-15,18H,1-3,7-8,16-17H2. The Kier molecular flexibility index (Phi) is 5.42. The summed E-state index contributed by atoms with van der Waals surface area (Å²) in [5.74, 6) is 0.649. The molecule has 4 rings (SSSR count). The average Bonchev–Trinajstić information content (AvgIpc) is 2.74.